The van der Waals surface area contributed by atoms with Gasteiger partial charge in [-0.1, -0.05) is 23.9 Å². The molecule has 0 fully saturated rings. The number of fused-ring (bicyclic) bond motifs is 1. The second kappa shape index (κ2) is 5.98. The molecule has 0 saturated carbocycles. The van der Waals surface area contributed by atoms with E-state index in [1.54, 1.807) is 18.3 Å². The molecule has 0 atom stereocenters. The minimum absolute atomic E-state index is 0.0766. The number of nitro groups is 1. The molecule has 3 aromatic rings. The smallest absolute Gasteiger partial charge is 0.269 e. The van der Waals surface area contributed by atoms with Gasteiger partial charge in [-0.05, 0) is 11.8 Å². The van der Waals surface area contributed by atoms with Crippen molar-refractivity contribution >= 4 is 34.3 Å². The maximum atomic E-state index is 10.6. The second-order valence-electron chi connectivity index (χ2n) is 4.47. The molecule has 2 heterocycles. The van der Waals surface area contributed by atoms with Gasteiger partial charge >= 0.3 is 0 Å². The highest BCUT2D eigenvalue weighted by Gasteiger charge is 2.09. The minimum Gasteiger partial charge on any atom is -0.365 e. The molecule has 0 aliphatic rings. The molecular formula is C13H12N6O2S. The number of anilines is 1. The van der Waals surface area contributed by atoms with E-state index in [9.17, 15) is 10.1 Å². The Morgan fingerprint density at radius 1 is 1.32 bits per heavy atom. The highest BCUT2D eigenvalue weighted by atomic mass is 32.2. The third-order valence-electron chi connectivity index (χ3n) is 3.08. The van der Waals surface area contributed by atoms with Crippen LogP contribution in [-0.2, 0) is 6.54 Å². The number of aromatic nitrogens is 4. The second-order valence-corrected chi connectivity index (χ2v) is 5.24. The monoisotopic (exact) mass is 316 g/mol. The van der Waals surface area contributed by atoms with Gasteiger partial charge in [0.05, 0.1) is 16.5 Å². The van der Waals surface area contributed by atoms with Crippen molar-refractivity contribution in [2.24, 2.45) is 0 Å². The molecule has 8 nitrogen and oxygen atoms in total. The van der Waals surface area contributed by atoms with E-state index >= 15 is 0 Å². The van der Waals surface area contributed by atoms with Gasteiger partial charge in [-0.25, -0.2) is 9.97 Å². The summed E-state index contributed by atoms with van der Waals surface area (Å²) in [7, 11) is 0. The topological polar surface area (TPSA) is 110 Å². The van der Waals surface area contributed by atoms with Crippen molar-refractivity contribution in [2.45, 2.75) is 11.7 Å². The van der Waals surface area contributed by atoms with Crippen LogP contribution in [-0.4, -0.2) is 31.3 Å². The Labute approximate surface area is 129 Å². The highest BCUT2D eigenvalue weighted by Crippen LogP contribution is 2.22. The fourth-order valence-corrected chi connectivity index (χ4v) is 2.33. The molecule has 112 valence electrons. The molecule has 0 aliphatic heterocycles. The molecule has 0 aliphatic carbocycles. The van der Waals surface area contributed by atoms with E-state index in [1.165, 1.54) is 23.9 Å². The fourth-order valence-electron chi connectivity index (χ4n) is 1.96. The van der Waals surface area contributed by atoms with Gasteiger partial charge in [-0.2, -0.15) is 5.10 Å². The van der Waals surface area contributed by atoms with E-state index < -0.39 is 4.92 Å². The standard InChI is InChI=1S/C13H12N6O2S/c1-22-13-16-11(10-7-15-18-12(10)17-13)14-6-8-2-4-9(5-3-8)19(20)21/h2-5,7H,6H2,1H3,(H2,14,15,16,17,18). The van der Waals surface area contributed by atoms with Crippen LogP contribution in [0.15, 0.2) is 35.6 Å². The Kier molecular flexibility index (Phi) is 3.88. The van der Waals surface area contributed by atoms with Crippen molar-refractivity contribution in [3.63, 3.8) is 0 Å². The van der Waals surface area contributed by atoms with Gasteiger partial charge in [0, 0.05) is 18.7 Å². The van der Waals surface area contributed by atoms with Crippen LogP contribution in [0.1, 0.15) is 5.56 Å². The van der Waals surface area contributed by atoms with E-state index in [1.807, 2.05) is 6.26 Å². The van der Waals surface area contributed by atoms with Gasteiger partial charge in [-0.3, -0.25) is 15.2 Å². The van der Waals surface area contributed by atoms with Crippen molar-refractivity contribution in [3.05, 3.63) is 46.1 Å². The number of benzene rings is 1. The third kappa shape index (κ3) is 2.84. The number of hydrogen-bond donors (Lipinski definition) is 2. The fraction of sp³-hybridized carbons (Fsp3) is 0.154. The molecule has 22 heavy (non-hydrogen) atoms. The molecular weight excluding hydrogens is 304 g/mol. The van der Waals surface area contributed by atoms with Crippen LogP contribution in [0.5, 0.6) is 0 Å². The van der Waals surface area contributed by atoms with Gasteiger partial charge in [-0.15, -0.1) is 0 Å². The normalized spacial score (nSPS) is 10.8. The highest BCUT2D eigenvalue weighted by molar-refractivity contribution is 7.98. The van der Waals surface area contributed by atoms with Crippen molar-refractivity contribution in [1.29, 1.82) is 0 Å². The first-order valence-corrected chi connectivity index (χ1v) is 7.62. The number of nitrogens with zero attached hydrogens (tertiary/aromatic N) is 4. The van der Waals surface area contributed by atoms with Crippen LogP contribution in [0.25, 0.3) is 11.0 Å². The van der Waals surface area contributed by atoms with Gasteiger partial charge in [0.2, 0.25) is 0 Å². The molecule has 1 aromatic carbocycles. The number of hydrogen-bond acceptors (Lipinski definition) is 7. The third-order valence-corrected chi connectivity index (χ3v) is 3.63. The van der Waals surface area contributed by atoms with E-state index in [0.717, 1.165) is 10.9 Å². The molecule has 0 amide bonds. The number of H-pyrrole nitrogens is 1. The maximum absolute atomic E-state index is 10.6. The lowest BCUT2D eigenvalue weighted by Crippen LogP contribution is -2.03. The molecule has 0 unspecified atom stereocenters. The van der Waals surface area contributed by atoms with E-state index in [-0.39, 0.29) is 5.69 Å². The summed E-state index contributed by atoms with van der Waals surface area (Å²) in [6.07, 6.45) is 3.56. The van der Waals surface area contributed by atoms with Gasteiger partial charge in [0.25, 0.3) is 5.69 Å². The van der Waals surface area contributed by atoms with Crippen molar-refractivity contribution in [1.82, 2.24) is 20.2 Å². The lowest BCUT2D eigenvalue weighted by molar-refractivity contribution is -0.384. The molecule has 2 N–H and O–H groups in total. The summed E-state index contributed by atoms with van der Waals surface area (Å²) < 4.78 is 0. The average Bonchev–Trinajstić information content (AvgIpc) is 3.01. The van der Waals surface area contributed by atoms with Gasteiger partial charge in [0.1, 0.15) is 5.82 Å². The number of aromatic amines is 1. The zero-order valence-corrected chi connectivity index (χ0v) is 12.4. The molecule has 0 saturated heterocycles. The zero-order chi connectivity index (χ0) is 15.5. The summed E-state index contributed by atoms with van der Waals surface area (Å²) in [6.45, 7) is 0.503. The first-order valence-electron chi connectivity index (χ1n) is 6.39. The molecule has 9 heteroatoms. The molecule has 0 bridgehead atoms. The van der Waals surface area contributed by atoms with Crippen molar-refractivity contribution in [2.75, 3.05) is 11.6 Å². The van der Waals surface area contributed by atoms with Crippen LogP contribution < -0.4 is 5.32 Å². The minimum atomic E-state index is -0.415. The van der Waals surface area contributed by atoms with Gasteiger partial charge in [0.15, 0.2) is 10.8 Å². The number of rotatable bonds is 5. The molecule has 0 radical (unpaired) electrons. The number of nitrogens with one attached hydrogen (secondary N) is 2. The Bertz CT molecular complexity index is 817. The predicted octanol–water partition coefficient (Wildman–Crippen LogP) is 2.60. The molecule has 3 rings (SSSR count). The Hall–Kier alpha value is -2.68. The zero-order valence-electron chi connectivity index (χ0n) is 11.6. The van der Waals surface area contributed by atoms with E-state index in [4.69, 9.17) is 0 Å². The first kappa shape index (κ1) is 14.3. The van der Waals surface area contributed by atoms with Crippen LogP contribution in [0.4, 0.5) is 11.5 Å². The number of non-ortho nitro benzene ring substituents is 1. The Balaban J connectivity index is 1.81. The Morgan fingerprint density at radius 3 is 2.77 bits per heavy atom. The van der Waals surface area contributed by atoms with Crippen molar-refractivity contribution in [3.8, 4) is 0 Å². The summed E-state index contributed by atoms with van der Waals surface area (Å²) in [4.78, 5) is 19.0. The lowest BCUT2D eigenvalue weighted by atomic mass is 10.2. The first-order chi connectivity index (χ1) is 10.7. The van der Waals surface area contributed by atoms with E-state index in [0.29, 0.717) is 23.2 Å². The van der Waals surface area contributed by atoms with Gasteiger partial charge < -0.3 is 5.32 Å². The molecule has 2 aromatic heterocycles. The SMILES string of the molecule is CSc1nc(NCc2ccc([N+](=O)[O-])cc2)c2cn[nH]c2n1. The predicted molar refractivity (Wildman–Crippen MR) is 83.9 cm³/mol. The molecule has 0 spiro atoms. The summed E-state index contributed by atoms with van der Waals surface area (Å²) >= 11 is 1.44. The van der Waals surface area contributed by atoms with Crippen molar-refractivity contribution < 1.29 is 4.92 Å². The van der Waals surface area contributed by atoms with Crippen LogP contribution in [0, 0.1) is 10.1 Å². The quantitative estimate of drug-likeness (QED) is 0.322. The van der Waals surface area contributed by atoms with Crippen LogP contribution in [0.2, 0.25) is 0 Å². The summed E-state index contributed by atoms with van der Waals surface area (Å²) in [5, 5.41) is 22.1. The number of nitro benzene ring substituents is 1. The summed E-state index contributed by atoms with van der Waals surface area (Å²) in [5.41, 5.74) is 1.67. The maximum Gasteiger partial charge on any atom is 0.269 e. The lowest BCUT2D eigenvalue weighted by Gasteiger charge is -2.07. The summed E-state index contributed by atoms with van der Waals surface area (Å²) in [6, 6.07) is 6.40. The summed E-state index contributed by atoms with van der Waals surface area (Å²) in [5.74, 6) is 0.682. The number of thioether (sulfide) groups is 1. The Morgan fingerprint density at radius 2 is 2.09 bits per heavy atom. The van der Waals surface area contributed by atoms with Crippen LogP contribution in [0.3, 0.4) is 0 Å². The van der Waals surface area contributed by atoms with E-state index in [2.05, 4.69) is 25.5 Å². The average molecular weight is 316 g/mol. The largest absolute Gasteiger partial charge is 0.365 e. The van der Waals surface area contributed by atoms with Crippen LogP contribution >= 0.6 is 11.8 Å².